The smallest absolute Gasteiger partial charge is 0.243 e. The van der Waals surface area contributed by atoms with E-state index in [1.807, 2.05) is 6.07 Å². The van der Waals surface area contributed by atoms with Gasteiger partial charge in [-0.05, 0) is 51.2 Å². The normalized spacial score (nSPS) is 17.8. The van der Waals surface area contributed by atoms with Gasteiger partial charge >= 0.3 is 0 Å². The summed E-state index contributed by atoms with van der Waals surface area (Å²) in [5.41, 5.74) is 0. The highest BCUT2D eigenvalue weighted by Gasteiger charge is 2.29. The molecule has 1 fully saturated rings. The molecule has 1 atom stereocenters. The largest absolute Gasteiger partial charge is 0.357 e. The average molecular weight is 508 g/mol. The quantitative estimate of drug-likeness (QED) is 0.338. The van der Waals surface area contributed by atoms with Crippen LogP contribution in [0.25, 0.3) is 0 Å². The van der Waals surface area contributed by atoms with E-state index in [1.165, 1.54) is 0 Å². The molecule has 1 aromatic carbocycles. The van der Waals surface area contributed by atoms with Crippen LogP contribution in [0.2, 0.25) is 0 Å². The minimum absolute atomic E-state index is 0. The lowest BCUT2D eigenvalue weighted by Gasteiger charge is -2.30. The molecule has 0 bridgehead atoms. The van der Waals surface area contributed by atoms with Gasteiger partial charge in [-0.1, -0.05) is 25.1 Å². The molecule has 0 radical (unpaired) electrons. The van der Waals surface area contributed by atoms with Crippen molar-refractivity contribution in [1.82, 2.24) is 14.9 Å². The number of guanidine groups is 1. The maximum Gasteiger partial charge on any atom is 0.243 e. The Labute approximate surface area is 181 Å². The van der Waals surface area contributed by atoms with Crippen LogP contribution in [-0.2, 0) is 10.0 Å². The van der Waals surface area contributed by atoms with E-state index < -0.39 is 10.0 Å². The van der Waals surface area contributed by atoms with Crippen molar-refractivity contribution in [3.63, 3.8) is 0 Å². The standard InChI is InChI=1S/C19H32N4O2S.HI/c1-4-16(3)22-19(20-5-2)21-15-17-11-13-23(14-12-17)26(24,25)18-9-7-6-8-10-18;/h6-10,16-17H,4-5,11-15H2,1-3H3,(H2,20,21,22);1H. The first-order chi connectivity index (χ1) is 12.5. The fourth-order valence-electron chi connectivity index (χ4n) is 2.95. The molecular formula is C19H33IN4O2S. The molecule has 1 saturated heterocycles. The molecule has 0 amide bonds. The number of hydrogen-bond acceptors (Lipinski definition) is 3. The van der Waals surface area contributed by atoms with Crippen LogP contribution in [0, 0.1) is 5.92 Å². The zero-order valence-corrected chi connectivity index (χ0v) is 19.7. The lowest BCUT2D eigenvalue weighted by molar-refractivity contribution is 0.278. The van der Waals surface area contributed by atoms with E-state index in [0.29, 0.717) is 29.9 Å². The number of benzene rings is 1. The summed E-state index contributed by atoms with van der Waals surface area (Å²) in [6, 6.07) is 9.07. The number of nitrogens with zero attached hydrogens (tertiary/aromatic N) is 2. The van der Waals surface area contributed by atoms with Crippen LogP contribution in [0.15, 0.2) is 40.2 Å². The minimum atomic E-state index is -3.37. The third kappa shape index (κ3) is 7.23. The Balaban J connectivity index is 0.00000364. The van der Waals surface area contributed by atoms with E-state index in [4.69, 9.17) is 4.99 Å². The highest BCUT2D eigenvalue weighted by atomic mass is 127. The fraction of sp³-hybridized carbons (Fsp3) is 0.632. The predicted molar refractivity (Wildman–Crippen MR) is 122 cm³/mol. The molecule has 27 heavy (non-hydrogen) atoms. The predicted octanol–water partition coefficient (Wildman–Crippen LogP) is 3.06. The van der Waals surface area contributed by atoms with Gasteiger partial charge in [0.05, 0.1) is 4.90 Å². The van der Waals surface area contributed by atoms with Gasteiger partial charge < -0.3 is 10.6 Å². The fourth-order valence-corrected chi connectivity index (χ4v) is 4.44. The summed E-state index contributed by atoms with van der Waals surface area (Å²) in [7, 11) is -3.37. The number of aliphatic imine (C=N–C) groups is 1. The first kappa shape index (κ1) is 24.2. The monoisotopic (exact) mass is 508 g/mol. The van der Waals surface area contributed by atoms with Crippen LogP contribution in [0.1, 0.15) is 40.0 Å². The van der Waals surface area contributed by atoms with E-state index >= 15 is 0 Å². The van der Waals surface area contributed by atoms with Crippen LogP contribution in [0.4, 0.5) is 0 Å². The third-order valence-corrected chi connectivity index (χ3v) is 6.71. The number of halogens is 1. The van der Waals surface area contributed by atoms with E-state index in [9.17, 15) is 8.42 Å². The Hall–Kier alpha value is -0.870. The summed E-state index contributed by atoms with van der Waals surface area (Å²) in [6.45, 7) is 9.02. The van der Waals surface area contributed by atoms with E-state index in [1.54, 1.807) is 28.6 Å². The van der Waals surface area contributed by atoms with E-state index in [-0.39, 0.29) is 24.0 Å². The first-order valence-electron chi connectivity index (χ1n) is 9.57. The molecule has 0 aromatic heterocycles. The van der Waals surface area contributed by atoms with Gasteiger partial charge in [0.25, 0.3) is 0 Å². The molecule has 0 saturated carbocycles. The molecule has 2 N–H and O–H groups in total. The molecule has 1 unspecified atom stereocenters. The Bertz CT molecular complexity index is 674. The average Bonchev–Trinajstić information content (AvgIpc) is 2.67. The Morgan fingerprint density at radius 1 is 1.22 bits per heavy atom. The van der Waals surface area contributed by atoms with Crippen LogP contribution < -0.4 is 10.6 Å². The molecule has 154 valence electrons. The summed E-state index contributed by atoms with van der Waals surface area (Å²) < 4.78 is 27.0. The van der Waals surface area contributed by atoms with Crippen molar-refractivity contribution in [1.29, 1.82) is 0 Å². The van der Waals surface area contributed by atoms with Crippen molar-refractivity contribution in [2.45, 2.75) is 51.0 Å². The van der Waals surface area contributed by atoms with E-state index in [0.717, 1.165) is 38.3 Å². The zero-order valence-electron chi connectivity index (χ0n) is 16.5. The lowest BCUT2D eigenvalue weighted by Crippen LogP contribution is -2.43. The second-order valence-corrected chi connectivity index (χ2v) is 8.77. The maximum absolute atomic E-state index is 12.7. The van der Waals surface area contributed by atoms with Crippen molar-refractivity contribution in [2.24, 2.45) is 10.9 Å². The van der Waals surface area contributed by atoms with Gasteiger partial charge in [0.15, 0.2) is 5.96 Å². The van der Waals surface area contributed by atoms with Gasteiger partial charge in [0, 0.05) is 32.2 Å². The SMILES string of the molecule is CCNC(=NCC1CCN(S(=O)(=O)c2ccccc2)CC1)NC(C)CC.I. The van der Waals surface area contributed by atoms with Gasteiger partial charge in [0.1, 0.15) is 0 Å². The van der Waals surface area contributed by atoms with Crippen LogP contribution in [0.3, 0.4) is 0 Å². The number of piperidine rings is 1. The third-order valence-electron chi connectivity index (χ3n) is 4.80. The molecule has 1 aromatic rings. The molecule has 0 aliphatic carbocycles. The van der Waals surface area contributed by atoms with Crippen molar-refractivity contribution in [3.8, 4) is 0 Å². The molecule has 1 aliphatic heterocycles. The Morgan fingerprint density at radius 3 is 2.41 bits per heavy atom. The number of hydrogen-bond donors (Lipinski definition) is 2. The van der Waals surface area contributed by atoms with Crippen molar-refractivity contribution >= 4 is 40.0 Å². The topological polar surface area (TPSA) is 73.8 Å². The Morgan fingerprint density at radius 2 is 1.85 bits per heavy atom. The maximum atomic E-state index is 12.7. The summed E-state index contributed by atoms with van der Waals surface area (Å²) in [5.74, 6) is 1.27. The van der Waals surface area contributed by atoms with Crippen LogP contribution in [0.5, 0.6) is 0 Å². The summed E-state index contributed by atoms with van der Waals surface area (Å²) in [4.78, 5) is 5.08. The van der Waals surface area contributed by atoms with Gasteiger partial charge in [-0.15, -0.1) is 24.0 Å². The molecule has 6 nitrogen and oxygen atoms in total. The van der Waals surface area contributed by atoms with Gasteiger partial charge in [-0.25, -0.2) is 8.42 Å². The second kappa shape index (κ2) is 11.9. The number of rotatable bonds is 7. The van der Waals surface area contributed by atoms with E-state index in [2.05, 4.69) is 31.4 Å². The molecule has 0 spiro atoms. The summed E-state index contributed by atoms with van der Waals surface area (Å²) in [5, 5.41) is 6.67. The number of nitrogens with one attached hydrogen (secondary N) is 2. The lowest BCUT2D eigenvalue weighted by atomic mass is 9.98. The highest BCUT2D eigenvalue weighted by molar-refractivity contribution is 14.0. The molecule has 8 heteroatoms. The molecule has 2 rings (SSSR count). The van der Waals surface area contributed by atoms with Gasteiger partial charge in [-0.2, -0.15) is 4.31 Å². The summed E-state index contributed by atoms with van der Waals surface area (Å²) in [6.07, 6.45) is 2.73. The zero-order chi connectivity index (χ0) is 19.0. The van der Waals surface area contributed by atoms with Crippen LogP contribution in [-0.4, -0.2) is 50.9 Å². The van der Waals surface area contributed by atoms with Crippen molar-refractivity contribution in [3.05, 3.63) is 30.3 Å². The Kier molecular flexibility index (Phi) is 10.6. The van der Waals surface area contributed by atoms with Gasteiger partial charge in [0.2, 0.25) is 10.0 Å². The van der Waals surface area contributed by atoms with Crippen LogP contribution >= 0.6 is 24.0 Å². The first-order valence-corrected chi connectivity index (χ1v) is 11.0. The minimum Gasteiger partial charge on any atom is -0.357 e. The molecule has 1 heterocycles. The highest BCUT2D eigenvalue weighted by Crippen LogP contribution is 2.23. The second-order valence-electron chi connectivity index (χ2n) is 6.83. The van der Waals surface area contributed by atoms with Gasteiger partial charge in [-0.3, -0.25) is 4.99 Å². The molecular weight excluding hydrogens is 475 g/mol. The molecule has 1 aliphatic rings. The van der Waals surface area contributed by atoms with Crippen molar-refractivity contribution < 1.29 is 8.42 Å². The van der Waals surface area contributed by atoms with Crippen molar-refractivity contribution in [2.75, 3.05) is 26.2 Å². The summed E-state index contributed by atoms with van der Waals surface area (Å²) >= 11 is 0. The number of sulfonamides is 1.